The van der Waals surface area contributed by atoms with Crippen LogP contribution in [0.5, 0.6) is 11.5 Å². The smallest absolute Gasteiger partial charge is 0.174 e. The second-order valence-electron chi connectivity index (χ2n) is 4.48. The molecule has 2 rings (SSSR count). The van der Waals surface area contributed by atoms with Crippen molar-refractivity contribution in [3.63, 3.8) is 0 Å². The quantitative estimate of drug-likeness (QED) is 0.879. The number of hydrogen-bond acceptors (Lipinski definition) is 3. The van der Waals surface area contributed by atoms with E-state index in [1.54, 1.807) is 14.2 Å². The summed E-state index contributed by atoms with van der Waals surface area (Å²) in [6, 6.07) is 12.2. The largest absolute Gasteiger partial charge is 0.493 e. The third kappa shape index (κ3) is 3.25. The fourth-order valence-electron chi connectivity index (χ4n) is 2.04. The Hall–Kier alpha value is -1.68. The van der Waals surface area contributed by atoms with Gasteiger partial charge in [-0.3, -0.25) is 0 Å². The van der Waals surface area contributed by atoms with E-state index >= 15 is 0 Å². The summed E-state index contributed by atoms with van der Waals surface area (Å²) in [5.74, 6) is 1.44. The monoisotopic (exact) mass is 335 g/mol. The van der Waals surface area contributed by atoms with E-state index in [0.717, 1.165) is 28.0 Å². The average Bonchev–Trinajstić information content (AvgIpc) is 2.45. The third-order valence-electron chi connectivity index (χ3n) is 3.12. The van der Waals surface area contributed by atoms with Gasteiger partial charge < -0.3 is 14.8 Å². The van der Waals surface area contributed by atoms with Gasteiger partial charge in [-0.15, -0.1) is 0 Å². The van der Waals surface area contributed by atoms with Gasteiger partial charge in [0, 0.05) is 12.2 Å². The van der Waals surface area contributed by atoms with E-state index in [2.05, 4.69) is 40.3 Å². The highest BCUT2D eigenvalue weighted by Crippen LogP contribution is 2.36. The average molecular weight is 336 g/mol. The summed E-state index contributed by atoms with van der Waals surface area (Å²) in [7, 11) is 3.27. The standard InChI is InChI=1S/C16H18BrNO2/c1-11-6-4-5-7-14(11)18-10-12-8-13(17)16(20-3)15(9-12)19-2/h4-9,18H,10H2,1-3H3. The minimum atomic E-state index is 0.715. The van der Waals surface area contributed by atoms with Crippen molar-refractivity contribution < 1.29 is 9.47 Å². The Morgan fingerprint density at radius 2 is 1.85 bits per heavy atom. The van der Waals surface area contributed by atoms with Crippen LogP contribution < -0.4 is 14.8 Å². The molecule has 20 heavy (non-hydrogen) atoms. The van der Waals surface area contributed by atoms with Crippen molar-refractivity contribution in [1.29, 1.82) is 0 Å². The van der Waals surface area contributed by atoms with Crippen LogP contribution in [0.3, 0.4) is 0 Å². The van der Waals surface area contributed by atoms with E-state index in [0.29, 0.717) is 5.75 Å². The van der Waals surface area contributed by atoms with Crippen LogP contribution >= 0.6 is 15.9 Å². The van der Waals surface area contributed by atoms with E-state index in [-0.39, 0.29) is 0 Å². The van der Waals surface area contributed by atoms with Gasteiger partial charge in [0.05, 0.1) is 18.7 Å². The molecule has 2 aromatic rings. The molecular weight excluding hydrogens is 318 g/mol. The van der Waals surface area contributed by atoms with Crippen molar-refractivity contribution in [2.24, 2.45) is 0 Å². The second-order valence-corrected chi connectivity index (χ2v) is 5.34. The minimum absolute atomic E-state index is 0.715. The van der Waals surface area contributed by atoms with Gasteiger partial charge >= 0.3 is 0 Å². The maximum Gasteiger partial charge on any atom is 0.174 e. The Bertz CT molecular complexity index is 599. The molecule has 0 bridgehead atoms. The molecule has 0 aliphatic carbocycles. The Balaban J connectivity index is 2.18. The number of hydrogen-bond donors (Lipinski definition) is 1. The number of anilines is 1. The maximum absolute atomic E-state index is 5.35. The predicted octanol–water partition coefficient (Wildman–Crippen LogP) is 4.39. The van der Waals surface area contributed by atoms with Gasteiger partial charge in [0.2, 0.25) is 0 Å². The van der Waals surface area contributed by atoms with E-state index < -0.39 is 0 Å². The van der Waals surface area contributed by atoms with Crippen molar-refractivity contribution in [1.82, 2.24) is 0 Å². The van der Waals surface area contributed by atoms with E-state index in [4.69, 9.17) is 9.47 Å². The highest BCUT2D eigenvalue weighted by Gasteiger charge is 2.10. The van der Waals surface area contributed by atoms with Gasteiger partial charge in [0.1, 0.15) is 0 Å². The van der Waals surface area contributed by atoms with Gasteiger partial charge in [0.15, 0.2) is 11.5 Å². The lowest BCUT2D eigenvalue weighted by Gasteiger charge is -2.13. The lowest BCUT2D eigenvalue weighted by atomic mass is 10.1. The number of para-hydroxylation sites is 1. The van der Waals surface area contributed by atoms with Crippen LogP contribution in [0.2, 0.25) is 0 Å². The van der Waals surface area contributed by atoms with Gasteiger partial charge in [0.25, 0.3) is 0 Å². The predicted molar refractivity (Wildman–Crippen MR) is 85.8 cm³/mol. The summed E-state index contributed by atoms with van der Waals surface area (Å²) in [6.07, 6.45) is 0. The molecule has 0 aromatic heterocycles. The Morgan fingerprint density at radius 3 is 2.50 bits per heavy atom. The summed E-state index contributed by atoms with van der Waals surface area (Å²) in [4.78, 5) is 0. The summed E-state index contributed by atoms with van der Waals surface area (Å²) in [5.41, 5.74) is 3.49. The first-order valence-corrected chi connectivity index (χ1v) is 7.15. The molecule has 0 heterocycles. The third-order valence-corrected chi connectivity index (χ3v) is 3.71. The minimum Gasteiger partial charge on any atom is -0.493 e. The molecule has 0 fully saturated rings. The molecule has 0 spiro atoms. The summed E-state index contributed by atoms with van der Waals surface area (Å²) >= 11 is 3.51. The van der Waals surface area contributed by atoms with Crippen molar-refractivity contribution in [2.75, 3.05) is 19.5 Å². The number of methoxy groups -OCH3 is 2. The molecule has 4 heteroatoms. The number of ether oxygens (including phenoxy) is 2. The molecule has 0 radical (unpaired) electrons. The van der Waals surface area contributed by atoms with Crippen LogP contribution in [0.25, 0.3) is 0 Å². The van der Waals surface area contributed by atoms with Crippen LogP contribution in [0.1, 0.15) is 11.1 Å². The first kappa shape index (κ1) is 14.7. The van der Waals surface area contributed by atoms with Gasteiger partial charge in [-0.25, -0.2) is 0 Å². The Morgan fingerprint density at radius 1 is 1.10 bits per heavy atom. The van der Waals surface area contributed by atoms with Crippen molar-refractivity contribution >= 4 is 21.6 Å². The van der Waals surface area contributed by atoms with Gasteiger partial charge in [-0.05, 0) is 52.2 Å². The number of halogens is 1. The van der Waals surface area contributed by atoms with Gasteiger partial charge in [-0.1, -0.05) is 18.2 Å². The number of rotatable bonds is 5. The Kier molecular flexibility index (Phi) is 4.90. The zero-order valence-electron chi connectivity index (χ0n) is 11.9. The van der Waals surface area contributed by atoms with Crippen molar-refractivity contribution in [2.45, 2.75) is 13.5 Å². The molecule has 2 aromatic carbocycles. The van der Waals surface area contributed by atoms with Gasteiger partial charge in [-0.2, -0.15) is 0 Å². The molecule has 1 N–H and O–H groups in total. The van der Waals surface area contributed by atoms with Crippen LogP contribution in [0, 0.1) is 6.92 Å². The van der Waals surface area contributed by atoms with Crippen LogP contribution in [-0.4, -0.2) is 14.2 Å². The molecule has 0 saturated heterocycles. The molecule has 0 aliphatic heterocycles. The molecule has 0 atom stereocenters. The van der Waals surface area contributed by atoms with E-state index in [1.165, 1.54) is 5.56 Å². The molecular formula is C16H18BrNO2. The first-order chi connectivity index (χ1) is 9.65. The topological polar surface area (TPSA) is 30.5 Å². The van der Waals surface area contributed by atoms with Crippen molar-refractivity contribution in [3.05, 3.63) is 52.0 Å². The number of aryl methyl sites for hydroxylation is 1. The fourth-order valence-corrected chi connectivity index (χ4v) is 2.69. The molecule has 0 aliphatic rings. The first-order valence-electron chi connectivity index (χ1n) is 6.35. The maximum atomic E-state index is 5.35. The highest BCUT2D eigenvalue weighted by molar-refractivity contribution is 9.10. The molecule has 0 amide bonds. The zero-order valence-corrected chi connectivity index (χ0v) is 13.5. The normalized spacial score (nSPS) is 10.2. The molecule has 0 unspecified atom stereocenters. The van der Waals surface area contributed by atoms with E-state index in [1.807, 2.05) is 24.3 Å². The molecule has 3 nitrogen and oxygen atoms in total. The van der Waals surface area contributed by atoms with Crippen LogP contribution in [-0.2, 0) is 6.54 Å². The SMILES string of the molecule is COc1cc(CNc2ccccc2C)cc(Br)c1OC. The fraction of sp³-hybridized carbons (Fsp3) is 0.250. The van der Waals surface area contributed by atoms with Crippen molar-refractivity contribution in [3.8, 4) is 11.5 Å². The summed E-state index contributed by atoms with van der Waals surface area (Å²) in [6.45, 7) is 2.82. The number of benzene rings is 2. The molecule has 0 saturated carbocycles. The summed E-state index contributed by atoms with van der Waals surface area (Å²) in [5, 5.41) is 3.43. The van der Waals surface area contributed by atoms with Crippen LogP contribution in [0.15, 0.2) is 40.9 Å². The summed E-state index contributed by atoms with van der Waals surface area (Å²) < 4.78 is 11.6. The molecule has 106 valence electrons. The number of nitrogens with one attached hydrogen (secondary N) is 1. The van der Waals surface area contributed by atoms with Crippen LogP contribution in [0.4, 0.5) is 5.69 Å². The highest BCUT2D eigenvalue weighted by atomic mass is 79.9. The Labute approximate surface area is 128 Å². The zero-order chi connectivity index (χ0) is 14.5. The second kappa shape index (κ2) is 6.66. The lowest BCUT2D eigenvalue weighted by molar-refractivity contribution is 0.352. The van der Waals surface area contributed by atoms with E-state index in [9.17, 15) is 0 Å². The lowest BCUT2D eigenvalue weighted by Crippen LogP contribution is -2.02.